The second-order valence-corrected chi connectivity index (χ2v) is 5.36. The van der Waals surface area contributed by atoms with Crippen molar-refractivity contribution >= 4 is 5.97 Å². The third-order valence-corrected chi connectivity index (χ3v) is 3.03. The van der Waals surface area contributed by atoms with Crippen molar-refractivity contribution in [2.75, 3.05) is 13.2 Å². The van der Waals surface area contributed by atoms with Crippen molar-refractivity contribution in [2.45, 2.75) is 33.2 Å². The first-order chi connectivity index (χ1) is 9.29. The van der Waals surface area contributed by atoms with Gasteiger partial charge in [-0.15, -0.1) is 0 Å². The van der Waals surface area contributed by atoms with Gasteiger partial charge in [-0.25, -0.2) is 4.79 Å². The summed E-state index contributed by atoms with van der Waals surface area (Å²) in [6.07, 6.45) is 0. The largest absolute Gasteiger partial charge is 0.508 e. The summed E-state index contributed by atoms with van der Waals surface area (Å²) in [5.74, 6) is -0.288. The number of benzene rings is 1. The third kappa shape index (κ3) is 3.87. The lowest BCUT2D eigenvalue weighted by atomic mass is 9.91. The molecule has 1 rings (SSSR count). The summed E-state index contributed by atoms with van der Waals surface area (Å²) in [7, 11) is 0. The topological polar surface area (TPSA) is 78.8 Å². The lowest BCUT2D eigenvalue weighted by Crippen LogP contribution is -2.49. The first kappa shape index (κ1) is 16.3. The van der Waals surface area contributed by atoms with Crippen LogP contribution in [-0.4, -0.2) is 29.3 Å². The fourth-order valence-electron chi connectivity index (χ4n) is 1.86. The Hall–Kier alpha value is -1.75. The molecule has 0 fully saturated rings. The van der Waals surface area contributed by atoms with E-state index in [1.165, 1.54) is 18.2 Å². The lowest BCUT2D eigenvalue weighted by molar-refractivity contribution is -0.151. The van der Waals surface area contributed by atoms with E-state index in [-0.39, 0.29) is 18.1 Å². The molecule has 0 aliphatic heterocycles. The quantitative estimate of drug-likeness (QED) is 0.696. The van der Waals surface area contributed by atoms with E-state index in [1.54, 1.807) is 13.8 Å². The van der Waals surface area contributed by atoms with Gasteiger partial charge < -0.3 is 14.9 Å². The van der Waals surface area contributed by atoms with Crippen molar-refractivity contribution in [3.8, 4) is 11.5 Å². The molecule has 0 heterocycles. The predicted molar refractivity (Wildman–Crippen MR) is 76.6 cm³/mol. The van der Waals surface area contributed by atoms with Gasteiger partial charge in [0.1, 0.15) is 17.0 Å². The van der Waals surface area contributed by atoms with Gasteiger partial charge in [0.05, 0.1) is 6.61 Å². The SMILES string of the molecule is CCOC(=O)C(C)(NCC(C)C)c1cc(O)cc(O)c1. The molecule has 112 valence electrons. The van der Waals surface area contributed by atoms with E-state index in [0.29, 0.717) is 18.0 Å². The molecule has 3 N–H and O–H groups in total. The Balaban J connectivity index is 3.17. The summed E-state index contributed by atoms with van der Waals surface area (Å²) < 4.78 is 5.11. The Morgan fingerprint density at radius 1 is 1.30 bits per heavy atom. The number of esters is 1. The van der Waals surface area contributed by atoms with Crippen molar-refractivity contribution in [1.29, 1.82) is 0 Å². The van der Waals surface area contributed by atoms with E-state index in [2.05, 4.69) is 5.32 Å². The van der Waals surface area contributed by atoms with Gasteiger partial charge in [0.25, 0.3) is 0 Å². The average molecular weight is 281 g/mol. The maximum absolute atomic E-state index is 12.3. The maximum Gasteiger partial charge on any atom is 0.330 e. The Bertz CT molecular complexity index is 453. The highest BCUT2D eigenvalue weighted by molar-refractivity contribution is 5.82. The predicted octanol–water partition coefficient (Wildman–Crippen LogP) is 2.12. The molecule has 1 aromatic carbocycles. The fourth-order valence-corrected chi connectivity index (χ4v) is 1.86. The van der Waals surface area contributed by atoms with Crippen LogP contribution in [-0.2, 0) is 15.1 Å². The lowest BCUT2D eigenvalue weighted by Gasteiger charge is -2.30. The molecule has 5 nitrogen and oxygen atoms in total. The van der Waals surface area contributed by atoms with Gasteiger partial charge in [-0.3, -0.25) is 5.32 Å². The fraction of sp³-hybridized carbons (Fsp3) is 0.533. The minimum absolute atomic E-state index is 0.0955. The van der Waals surface area contributed by atoms with E-state index in [9.17, 15) is 15.0 Å². The van der Waals surface area contributed by atoms with E-state index in [0.717, 1.165) is 0 Å². The minimum Gasteiger partial charge on any atom is -0.508 e. The molecular formula is C15H23NO4. The summed E-state index contributed by atoms with van der Waals surface area (Å²) in [5.41, 5.74) is -0.648. The van der Waals surface area contributed by atoms with Crippen LogP contribution < -0.4 is 5.32 Å². The van der Waals surface area contributed by atoms with Crippen LogP contribution >= 0.6 is 0 Å². The van der Waals surface area contributed by atoms with Crippen LogP contribution in [0.2, 0.25) is 0 Å². The summed E-state index contributed by atoms with van der Waals surface area (Å²) >= 11 is 0. The first-order valence-electron chi connectivity index (χ1n) is 6.75. The monoisotopic (exact) mass is 281 g/mol. The van der Waals surface area contributed by atoms with Crippen LogP contribution in [0.1, 0.15) is 33.3 Å². The summed E-state index contributed by atoms with van der Waals surface area (Å²) in [5, 5.41) is 22.4. The Morgan fingerprint density at radius 3 is 2.30 bits per heavy atom. The smallest absolute Gasteiger partial charge is 0.330 e. The van der Waals surface area contributed by atoms with Crippen molar-refractivity contribution in [2.24, 2.45) is 5.92 Å². The highest BCUT2D eigenvalue weighted by Crippen LogP contribution is 2.30. The van der Waals surface area contributed by atoms with E-state index in [4.69, 9.17) is 4.74 Å². The van der Waals surface area contributed by atoms with Gasteiger partial charge in [0.15, 0.2) is 0 Å². The Kier molecular flexibility index (Phi) is 5.39. The van der Waals surface area contributed by atoms with Gasteiger partial charge >= 0.3 is 5.97 Å². The van der Waals surface area contributed by atoms with Crippen molar-refractivity contribution in [3.05, 3.63) is 23.8 Å². The summed E-state index contributed by atoms with van der Waals surface area (Å²) in [6.45, 7) is 8.34. The number of phenols is 2. The van der Waals surface area contributed by atoms with Crippen molar-refractivity contribution < 1.29 is 19.7 Å². The maximum atomic E-state index is 12.3. The number of carbonyl (C=O) groups excluding carboxylic acids is 1. The normalized spacial score (nSPS) is 14.1. The molecule has 1 atom stereocenters. The Labute approximate surface area is 119 Å². The zero-order valence-corrected chi connectivity index (χ0v) is 12.4. The average Bonchev–Trinajstić information content (AvgIpc) is 2.34. The molecule has 0 radical (unpaired) electrons. The molecule has 5 heteroatoms. The highest BCUT2D eigenvalue weighted by atomic mass is 16.5. The second kappa shape index (κ2) is 6.61. The first-order valence-corrected chi connectivity index (χ1v) is 6.75. The van der Waals surface area contributed by atoms with Crippen LogP contribution in [0.15, 0.2) is 18.2 Å². The number of carbonyl (C=O) groups is 1. The van der Waals surface area contributed by atoms with E-state index < -0.39 is 11.5 Å². The summed E-state index contributed by atoms with van der Waals surface area (Å²) in [4.78, 5) is 12.3. The molecule has 0 saturated heterocycles. The summed E-state index contributed by atoms with van der Waals surface area (Å²) in [6, 6.07) is 4.12. The number of hydrogen-bond donors (Lipinski definition) is 3. The number of ether oxygens (including phenoxy) is 1. The molecule has 20 heavy (non-hydrogen) atoms. The van der Waals surface area contributed by atoms with E-state index >= 15 is 0 Å². The molecule has 0 aromatic heterocycles. The number of nitrogens with one attached hydrogen (secondary N) is 1. The van der Waals surface area contributed by atoms with Gasteiger partial charge in [-0.05, 0) is 44.0 Å². The van der Waals surface area contributed by atoms with Crippen LogP contribution in [0.3, 0.4) is 0 Å². The molecule has 0 saturated carbocycles. The molecule has 0 amide bonds. The van der Waals surface area contributed by atoms with Gasteiger partial charge in [0, 0.05) is 6.07 Å². The molecule has 0 spiro atoms. The van der Waals surface area contributed by atoms with Crippen LogP contribution in [0.4, 0.5) is 0 Å². The number of aromatic hydroxyl groups is 2. The number of hydrogen-bond acceptors (Lipinski definition) is 5. The van der Waals surface area contributed by atoms with Crippen molar-refractivity contribution in [3.63, 3.8) is 0 Å². The molecule has 1 unspecified atom stereocenters. The zero-order chi connectivity index (χ0) is 15.3. The molecule has 1 aromatic rings. The molecule has 0 aliphatic carbocycles. The van der Waals surface area contributed by atoms with Crippen LogP contribution in [0.25, 0.3) is 0 Å². The second-order valence-electron chi connectivity index (χ2n) is 5.36. The highest BCUT2D eigenvalue weighted by Gasteiger charge is 2.37. The van der Waals surface area contributed by atoms with Gasteiger partial charge in [0.2, 0.25) is 0 Å². The zero-order valence-electron chi connectivity index (χ0n) is 12.4. The van der Waals surface area contributed by atoms with E-state index in [1.807, 2.05) is 13.8 Å². The number of phenolic OH excluding ortho intramolecular Hbond substituents is 2. The molecular weight excluding hydrogens is 258 g/mol. The number of rotatable bonds is 6. The van der Waals surface area contributed by atoms with Crippen LogP contribution in [0.5, 0.6) is 11.5 Å². The Morgan fingerprint density at radius 2 is 1.85 bits per heavy atom. The third-order valence-electron chi connectivity index (χ3n) is 3.03. The minimum atomic E-state index is -1.11. The van der Waals surface area contributed by atoms with Gasteiger partial charge in [-0.1, -0.05) is 13.8 Å². The standard InChI is InChI=1S/C15H23NO4/c1-5-20-14(19)15(4,16-9-10(2)3)11-6-12(17)8-13(18)7-11/h6-8,10,16-18H,5,9H2,1-4H3. The van der Waals surface area contributed by atoms with Gasteiger partial charge in [-0.2, -0.15) is 0 Å². The van der Waals surface area contributed by atoms with Crippen LogP contribution in [0, 0.1) is 5.92 Å². The van der Waals surface area contributed by atoms with Crippen molar-refractivity contribution in [1.82, 2.24) is 5.32 Å². The molecule has 0 aliphatic rings. The molecule has 0 bridgehead atoms.